The SMILES string of the molecule is O=S(=O)(Nc1cccc2c(NS(=O)(=O)c3ccc4ccccc4c3)cccc12)c1ccc2ccccc2c1. The zero-order chi connectivity index (χ0) is 26.3. The largest absolute Gasteiger partial charge is 0.279 e. The van der Waals surface area contributed by atoms with Gasteiger partial charge in [0.05, 0.1) is 21.2 Å². The van der Waals surface area contributed by atoms with Crippen molar-refractivity contribution in [1.82, 2.24) is 0 Å². The second-order valence-electron chi connectivity index (χ2n) is 8.94. The van der Waals surface area contributed by atoms with Crippen LogP contribution < -0.4 is 9.44 Å². The van der Waals surface area contributed by atoms with Crippen LogP contribution in [0, 0.1) is 0 Å². The molecule has 0 fully saturated rings. The molecule has 0 bridgehead atoms. The fourth-order valence-electron chi connectivity index (χ4n) is 4.56. The highest BCUT2D eigenvalue weighted by atomic mass is 32.2. The van der Waals surface area contributed by atoms with Crippen LogP contribution in [0.1, 0.15) is 0 Å². The number of hydrogen-bond acceptors (Lipinski definition) is 4. The van der Waals surface area contributed by atoms with Crippen LogP contribution in [0.5, 0.6) is 0 Å². The smallest absolute Gasteiger partial charge is 0.261 e. The fraction of sp³-hybridized carbons (Fsp3) is 0. The number of nitrogens with one attached hydrogen (secondary N) is 2. The molecule has 2 N–H and O–H groups in total. The molecule has 6 rings (SSSR count). The van der Waals surface area contributed by atoms with Crippen molar-refractivity contribution in [3.05, 3.63) is 121 Å². The molecular formula is C30H22N2O4S2. The van der Waals surface area contributed by atoms with Gasteiger partial charge in [-0.1, -0.05) is 84.9 Å². The number of benzene rings is 6. The van der Waals surface area contributed by atoms with Crippen LogP contribution in [0.25, 0.3) is 32.3 Å². The van der Waals surface area contributed by atoms with Crippen molar-refractivity contribution in [3.8, 4) is 0 Å². The van der Waals surface area contributed by atoms with Gasteiger partial charge in [-0.25, -0.2) is 16.8 Å². The Hall–Kier alpha value is -4.40. The minimum Gasteiger partial charge on any atom is -0.279 e. The first-order chi connectivity index (χ1) is 18.3. The van der Waals surface area contributed by atoms with E-state index in [1.54, 1.807) is 72.8 Å². The van der Waals surface area contributed by atoms with E-state index in [-0.39, 0.29) is 9.79 Å². The Kier molecular flexibility index (Phi) is 5.78. The number of rotatable bonds is 6. The topological polar surface area (TPSA) is 92.3 Å². The maximum Gasteiger partial charge on any atom is 0.261 e. The van der Waals surface area contributed by atoms with E-state index in [1.165, 1.54) is 0 Å². The van der Waals surface area contributed by atoms with Crippen molar-refractivity contribution in [1.29, 1.82) is 0 Å². The minimum absolute atomic E-state index is 0.140. The van der Waals surface area contributed by atoms with Gasteiger partial charge in [-0.05, 0) is 57.9 Å². The normalized spacial score (nSPS) is 12.1. The van der Waals surface area contributed by atoms with Crippen molar-refractivity contribution >= 4 is 63.7 Å². The summed E-state index contributed by atoms with van der Waals surface area (Å²) in [5, 5.41) is 4.66. The van der Waals surface area contributed by atoms with Crippen molar-refractivity contribution in [2.45, 2.75) is 9.79 Å². The standard InChI is InChI=1S/C30H22N2O4S2/c33-37(34,25-17-15-21-7-1-3-9-23(21)19-25)31-29-13-5-12-28-27(29)11-6-14-30(28)32-38(35,36)26-18-16-22-8-2-4-10-24(22)20-26/h1-20,31-32H. The number of fused-ring (bicyclic) bond motifs is 3. The maximum atomic E-state index is 13.3. The van der Waals surface area contributed by atoms with Gasteiger partial charge in [0.15, 0.2) is 0 Å². The summed E-state index contributed by atoms with van der Waals surface area (Å²) in [5.74, 6) is 0. The highest BCUT2D eigenvalue weighted by Gasteiger charge is 2.19. The number of sulfonamides is 2. The zero-order valence-electron chi connectivity index (χ0n) is 20.0. The van der Waals surface area contributed by atoms with Crippen LogP contribution >= 0.6 is 0 Å². The van der Waals surface area contributed by atoms with Crippen molar-refractivity contribution in [2.75, 3.05) is 9.44 Å². The van der Waals surface area contributed by atoms with E-state index in [2.05, 4.69) is 9.44 Å². The molecule has 0 aliphatic carbocycles. The summed E-state index contributed by atoms with van der Waals surface area (Å²) < 4.78 is 58.4. The number of hydrogen-bond donors (Lipinski definition) is 2. The molecule has 0 spiro atoms. The van der Waals surface area contributed by atoms with E-state index in [9.17, 15) is 16.8 Å². The summed E-state index contributed by atoms with van der Waals surface area (Å²) in [6.45, 7) is 0. The first kappa shape index (κ1) is 24.0. The predicted octanol–water partition coefficient (Wildman–Crippen LogP) is 6.75. The Bertz CT molecular complexity index is 1920. The summed E-state index contributed by atoms with van der Waals surface area (Å²) in [4.78, 5) is 0.280. The molecule has 6 aromatic rings. The van der Waals surface area contributed by atoms with E-state index in [0.29, 0.717) is 22.1 Å². The van der Waals surface area contributed by atoms with Gasteiger partial charge < -0.3 is 0 Å². The van der Waals surface area contributed by atoms with Gasteiger partial charge in [0.25, 0.3) is 20.0 Å². The highest BCUT2D eigenvalue weighted by Crippen LogP contribution is 2.32. The molecule has 6 aromatic carbocycles. The Morgan fingerprint density at radius 3 is 1.21 bits per heavy atom. The summed E-state index contributed by atoms with van der Waals surface area (Å²) in [5.41, 5.74) is 0.699. The highest BCUT2D eigenvalue weighted by molar-refractivity contribution is 7.93. The first-order valence-electron chi connectivity index (χ1n) is 11.9. The van der Waals surface area contributed by atoms with Crippen molar-refractivity contribution in [2.24, 2.45) is 0 Å². The third kappa shape index (κ3) is 4.44. The molecule has 0 atom stereocenters. The third-order valence-electron chi connectivity index (χ3n) is 6.47. The van der Waals surface area contributed by atoms with Gasteiger partial charge >= 0.3 is 0 Å². The van der Waals surface area contributed by atoms with E-state index < -0.39 is 20.0 Å². The lowest BCUT2D eigenvalue weighted by Gasteiger charge is -2.15. The molecule has 0 aromatic heterocycles. The molecule has 0 radical (unpaired) electrons. The molecule has 6 nitrogen and oxygen atoms in total. The molecule has 0 heterocycles. The lowest BCUT2D eigenvalue weighted by Crippen LogP contribution is -2.14. The van der Waals surface area contributed by atoms with Gasteiger partial charge in [-0.15, -0.1) is 0 Å². The fourth-order valence-corrected chi connectivity index (χ4v) is 6.79. The lowest BCUT2D eigenvalue weighted by atomic mass is 10.1. The van der Waals surface area contributed by atoms with Crippen LogP contribution in [0.4, 0.5) is 11.4 Å². The molecule has 188 valence electrons. The molecular weight excluding hydrogens is 516 g/mol. The van der Waals surface area contributed by atoms with Crippen molar-refractivity contribution in [3.63, 3.8) is 0 Å². The van der Waals surface area contributed by atoms with Crippen LogP contribution in [-0.2, 0) is 20.0 Å². The summed E-state index contributed by atoms with van der Waals surface area (Å²) in [6.07, 6.45) is 0. The predicted molar refractivity (Wildman–Crippen MR) is 153 cm³/mol. The van der Waals surface area contributed by atoms with Crippen LogP contribution in [0.2, 0.25) is 0 Å². The molecule has 38 heavy (non-hydrogen) atoms. The van der Waals surface area contributed by atoms with Crippen molar-refractivity contribution < 1.29 is 16.8 Å². The van der Waals surface area contributed by atoms with E-state index >= 15 is 0 Å². The Balaban J connectivity index is 1.35. The second kappa shape index (κ2) is 9.16. The molecule has 0 saturated heterocycles. The quantitative estimate of drug-likeness (QED) is 0.245. The minimum atomic E-state index is -3.90. The third-order valence-corrected chi connectivity index (χ3v) is 9.20. The van der Waals surface area contributed by atoms with Crippen LogP contribution in [0.3, 0.4) is 0 Å². The molecule has 0 saturated carbocycles. The summed E-state index contributed by atoms with van der Waals surface area (Å²) in [7, 11) is -7.79. The Morgan fingerprint density at radius 2 is 0.789 bits per heavy atom. The molecule has 0 aliphatic heterocycles. The van der Waals surface area contributed by atoms with Gasteiger partial charge in [-0.3, -0.25) is 9.44 Å². The Morgan fingerprint density at radius 1 is 0.395 bits per heavy atom. The van der Waals surface area contributed by atoms with E-state index in [0.717, 1.165) is 21.5 Å². The summed E-state index contributed by atoms with van der Waals surface area (Å²) >= 11 is 0. The van der Waals surface area contributed by atoms with Gasteiger partial charge in [0.2, 0.25) is 0 Å². The molecule has 8 heteroatoms. The van der Waals surface area contributed by atoms with Crippen LogP contribution in [-0.4, -0.2) is 16.8 Å². The average Bonchev–Trinajstić information content (AvgIpc) is 2.92. The molecule has 0 amide bonds. The summed E-state index contributed by atoms with van der Waals surface area (Å²) in [6, 6.07) is 35.2. The Labute approximate surface area is 220 Å². The monoisotopic (exact) mass is 538 g/mol. The van der Waals surface area contributed by atoms with Gasteiger partial charge in [0.1, 0.15) is 0 Å². The second-order valence-corrected chi connectivity index (χ2v) is 12.3. The first-order valence-corrected chi connectivity index (χ1v) is 14.8. The van der Waals surface area contributed by atoms with Crippen LogP contribution in [0.15, 0.2) is 131 Å². The zero-order valence-corrected chi connectivity index (χ0v) is 21.6. The van der Waals surface area contributed by atoms with Gasteiger partial charge in [0, 0.05) is 10.8 Å². The molecule has 0 unspecified atom stereocenters. The van der Waals surface area contributed by atoms with E-state index in [1.807, 2.05) is 48.5 Å². The maximum absolute atomic E-state index is 13.3. The van der Waals surface area contributed by atoms with E-state index in [4.69, 9.17) is 0 Å². The van der Waals surface area contributed by atoms with Gasteiger partial charge in [-0.2, -0.15) is 0 Å². The average molecular weight is 539 g/mol. The molecule has 0 aliphatic rings. The number of anilines is 2. The lowest BCUT2D eigenvalue weighted by molar-refractivity contribution is 0.599.